The zero-order valence-corrected chi connectivity index (χ0v) is 12.7. The molecule has 0 amide bonds. The van der Waals surface area contributed by atoms with Gasteiger partial charge in [0, 0.05) is 19.8 Å². The van der Waals surface area contributed by atoms with E-state index in [1.807, 2.05) is 0 Å². The quantitative estimate of drug-likeness (QED) is 0.693. The molecule has 1 unspecified atom stereocenters. The molecule has 0 bridgehead atoms. The summed E-state index contributed by atoms with van der Waals surface area (Å²) in [6.07, 6.45) is 3.32. The van der Waals surface area contributed by atoms with E-state index in [2.05, 4.69) is 37.4 Å². The predicted molar refractivity (Wildman–Crippen MR) is 79.9 cm³/mol. The van der Waals surface area contributed by atoms with Gasteiger partial charge in [0.1, 0.15) is 5.75 Å². The molecular weight excluding hydrogens is 238 g/mol. The van der Waals surface area contributed by atoms with Gasteiger partial charge in [0.05, 0.1) is 7.11 Å². The molecule has 1 aromatic rings. The van der Waals surface area contributed by atoms with Crippen molar-refractivity contribution in [2.45, 2.75) is 39.2 Å². The number of aryl methyl sites for hydroxylation is 1. The van der Waals surface area contributed by atoms with E-state index in [9.17, 15) is 0 Å². The lowest BCUT2D eigenvalue weighted by molar-refractivity contribution is 0.188. The Morgan fingerprint density at radius 1 is 1.26 bits per heavy atom. The van der Waals surface area contributed by atoms with Crippen LogP contribution < -0.4 is 10.1 Å². The van der Waals surface area contributed by atoms with Crippen LogP contribution in [0, 0.1) is 6.92 Å². The van der Waals surface area contributed by atoms with E-state index in [0.29, 0.717) is 6.04 Å². The summed E-state index contributed by atoms with van der Waals surface area (Å²) in [5.41, 5.74) is 2.53. The summed E-state index contributed by atoms with van der Waals surface area (Å²) >= 11 is 0. The van der Waals surface area contributed by atoms with Crippen molar-refractivity contribution >= 4 is 0 Å². The van der Waals surface area contributed by atoms with Gasteiger partial charge in [-0.3, -0.25) is 0 Å². The Hall–Kier alpha value is -1.06. The Morgan fingerprint density at radius 2 is 2.05 bits per heavy atom. The van der Waals surface area contributed by atoms with Gasteiger partial charge in [-0.25, -0.2) is 0 Å². The van der Waals surface area contributed by atoms with Crippen molar-refractivity contribution < 1.29 is 9.47 Å². The highest BCUT2D eigenvalue weighted by molar-refractivity contribution is 5.37. The van der Waals surface area contributed by atoms with Crippen LogP contribution in [-0.4, -0.2) is 27.4 Å². The molecule has 0 saturated heterocycles. The molecule has 3 nitrogen and oxygen atoms in total. The maximum atomic E-state index is 5.32. The molecule has 1 atom stereocenters. The number of ether oxygens (including phenoxy) is 2. The molecule has 0 aliphatic heterocycles. The largest absolute Gasteiger partial charge is 0.496 e. The van der Waals surface area contributed by atoms with Gasteiger partial charge in [-0.15, -0.1) is 0 Å². The third-order valence-corrected chi connectivity index (χ3v) is 3.30. The zero-order valence-electron chi connectivity index (χ0n) is 12.7. The maximum absolute atomic E-state index is 5.32. The second-order valence-corrected chi connectivity index (χ2v) is 4.87. The Morgan fingerprint density at radius 3 is 2.63 bits per heavy atom. The molecule has 0 spiro atoms. The number of benzene rings is 1. The standard InChI is InChI=1S/C16H27NO2/c1-5-10-17-15(7-6-11-18-3)14-8-9-16(19-4)13(2)12-14/h8-9,12,15,17H,5-7,10-11H2,1-4H3. The van der Waals surface area contributed by atoms with Crippen LogP contribution in [0.3, 0.4) is 0 Å². The Kier molecular flexibility index (Phi) is 7.53. The number of methoxy groups -OCH3 is 2. The van der Waals surface area contributed by atoms with Crippen molar-refractivity contribution in [3.8, 4) is 5.75 Å². The molecular formula is C16H27NO2. The highest BCUT2D eigenvalue weighted by atomic mass is 16.5. The van der Waals surface area contributed by atoms with Crippen LogP contribution in [0.2, 0.25) is 0 Å². The van der Waals surface area contributed by atoms with Crippen LogP contribution in [0.25, 0.3) is 0 Å². The SMILES string of the molecule is CCCNC(CCCOC)c1ccc(OC)c(C)c1. The summed E-state index contributed by atoms with van der Waals surface area (Å²) in [7, 11) is 3.47. The molecule has 0 heterocycles. The number of nitrogens with one attached hydrogen (secondary N) is 1. The lowest BCUT2D eigenvalue weighted by Gasteiger charge is -2.20. The lowest BCUT2D eigenvalue weighted by Crippen LogP contribution is -2.22. The first-order valence-corrected chi connectivity index (χ1v) is 7.09. The van der Waals surface area contributed by atoms with Crippen LogP contribution in [0.1, 0.15) is 43.4 Å². The third kappa shape index (κ3) is 5.21. The molecule has 0 radical (unpaired) electrons. The lowest BCUT2D eigenvalue weighted by atomic mass is 9.99. The van der Waals surface area contributed by atoms with Crippen LogP contribution in [0.15, 0.2) is 18.2 Å². The van der Waals surface area contributed by atoms with E-state index in [1.54, 1.807) is 14.2 Å². The van der Waals surface area contributed by atoms with Gasteiger partial charge < -0.3 is 14.8 Å². The van der Waals surface area contributed by atoms with Gasteiger partial charge in [-0.2, -0.15) is 0 Å². The highest BCUT2D eigenvalue weighted by Crippen LogP contribution is 2.25. The number of hydrogen-bond acceptors (Lipinski definition) is 3. The average Bonchev–Trinajstić information content (AvgIpc) is 2.42. The van der Waals surface area contributed by atoms with Crippen LogP contribution >= 0.6 is 0 Å². The number of hydrogen-bond donors (Lipinski definition) is 1. The van der Waals surface area contributed by atoms with E-state index in [0.717, 1.165) is 38.2 Å². The minimum absolute atomic E-state index is 0.403. The molecule has 108 valence electrons. The van der Waals surface area contributed by atoms with E-state index in [-0.39, 0.29) is 0 Å². The Labute approximate surface area is 117 Å². The monoisotopic (exact) mass is 265 g/mol. The molecule has 0 fully saturated rings. The minimum Gasteiger partial charge on any atom is -0.496 e. The average molecular weight is 265 g/mol. The first kappa shape index (κ1) is 16.0. The molecule has 0 aliphatic carbocycles. The van der Waals surface area contributed by atoms with Gasteiger partial charge >= 0.3 is 0 Å². The highest BCUT2D eigenvalue weighted by Gasteiger charge is 2.11. The molecule has 0 saturated carbocycles. The van der Waals surface area contributed by atoms with E-state index in [1.165, 1.54) is 11.1 Å². The topological polar surface area (TPSA) is 30.5 Å². The van der Waals surface area contributed by atoms with Crippen molar-refractivity contribution in [2.75, 3.05) is 27.4 Å². The third-order valence-electron chi connectivity index (χ3n) is 3.30. The molecule has 0 aliphatic rings. The second kappa shape index (κ2) is 8.94. The summed E-state index contributed by atoms with van der Waals surface area (Å²) < 4.78 is 10.5. The fraction of sp³-hybridized carbons (Fsp3) is 0.625. The van der Waals surface area contributed by atoms with Crippen LogP contribution in [0.4, 0.5) is 0 Å². The molecule has 1 N–H and O–H groups in total. The predicted octanol–water partition coefficient (Wildman–Crippen LogP) is 3.47. The van der Waals surface area contributed by atoms with Crippen molar-refractivity contribution in [3.05, 3.63) is 29.3 Å². The summed E-state index contributed by atoms with van der Waals surface area (Å²) in [6.45, 7) is 6.15. The molecule has 19 heavy (non-hydrogen) atoms. The first-order chi connectivity index (χ1) is 9.22. The summed E-state index contributed by atoms with van der Waals surface area (Å²) in [4.78, 5) is 0. The van der Waals surface area contributed by atoms with Gasteiger partial charge in [0.2, 0.25) is 0 Å². The molecule has 3 heteroatoms. The Balaban J connectivity index is 2.74. The van der Waals surface area contributed by atoms with Gasteiger partial charge in [0.15, 0.2) is 0 Å². The first-order valence-electron chi connectivity index (χ1n) is 7.09. The maximum Gasteiger partial charge on any atom is 0.121 e. The molecule has 1 rings (SSSR count). The molecule has 1 aromatic carbocycles. The van der Waals surface area contributed by atoms with Gasteiger partial charge in [0.25, 0.3) is 0 Å². The summed E-state index contributed by atoms with van der Waals surface area (Å²) in [6, 6.07) is 6.84. The van der Waals surface area contributed by atoms with E-state index >= 15 is 0 Å². The summed E-state index contributed by atoms with van der Waals surface area (Å²) in [5, 5.41) is 3.61. The molecule has 0 aromatic heterocycles. The van der Waals surface area contributed by atoms with Crippen molar-refractivity contribution in [1.82, 2.24) is 5.32 Å². The number of rotatable bonds is 9. The van der Waals surface area contributed by atoms with E-state index in [4.69, 9.17) is 9.47 Å². The minimum atomic E-state index is 0.403. The second-order valence-electron chi connectivity index (χ2n) is 4.87. The normalized spacial score (nSPS) is 12.4. The van der Waals surface area contributed by atoms with Crippen LogP contribution in [0.5, 0.6) is 5.75 Å². The summed E-state index contributed by atoms with van der Waals surface area (Å²) in [5.74, 6) is 0.954. The Bertz CT molecular complexity index is 366. The van der Waals surface area contributed by atoms with Gasteiger partial charge in [-0.1, -0.05) is 19.1 Å². The van der Waals surface area contributed by atoms with Gasteiger partial charge in [-0.05, 0) is 49.9 Å². The fourth-order valence-corrected chi connectivity index (χ4v) is 2.26. The van der Waals surface area contributed by atoms with Crippen molar-refractivity contribution in [2.24, 2.45) is 0 Å². The van der Waals surface area contributed by atoms with Crippen LogP contribution in [-0.2, 0) is 4.74 Å². The smallest absolute Gasteiger partial charge is 0.121 e. The van der Waals surface area contributed by atoms with Crippen molar-refractivity contribution in [3.63, 3.8) is 0 Å². The zero-order chi connectivity index (χ0) is 14.1. The van der Waals surface area contributed by atoms with E-state index < -0.39 is 0 Å². The van der Waals surface area contributed by atoms with Crippen molar-refractivity contribution in [1.29, 1.82) is 0 Å². The fourth-order valence-electron chi connectivity index (χ4n) is 2.26.